The monoisotopic (exact) mass is 664 g/mol. The molecule has 5 rings (SSSR count). The van der Waals surface area contributed by atoms with Gasteiger partial charge in [-0.25, -0.2) is 17.2 Å². The first-order valence-corrected chi connectivity index (χ1v) is 15.2. The van der Waals surface area contributed by atoms with Crippen molar-refractivity contribution in [3.8, 4) is 6.07 Å². The van der Waals surface area contributed by atoms with Crippen molar-refractivity contribution in [2.75, 3.05) is 13.1 Å². The molecule has 2 saturated heterocycles. The molecule has 2 fully saturated rings. The summed E-state index contributed by atoms with van der Waals surface area (Å²) in [5, 5.41) is 8.98. The van der Waals surface area contributed by atoms with Gasteiger partial charge in [0.15, 0.2) is 9.84 Å². The first kappa shape index (κ1) is 32.6. The molecular formula is C28H24F8N4O4S. The van der Waals surface area contributed by atoms with Crippen LogP contribution in [0.25, 0.3) is 0 Å². The number of carbonyl (C=O) groups excluding carboxylic acids is 2. The van der Waals surface area contributed by atoms with E-state index in [4.69, 9.17) is 5.26 Å². The summed E-state index contributed by atoms with van der Waals surface area (Å²) >= 11 is 0. The van der Waals surface area contributed by atoms with Crippen molar-refractivity contribution in [2.24, 2.45) is 0 Å². The van der Waals surface area contributed by atoms with Crippen molar-refractivity contribution in [2.45, 2.75) is 78.3 Å². The maximum absolute atomic E-state index is 14.9. The summed E-state index contributed by atoms with van der Waals surface area (Å²) < 4.78 is 136. The molecule has 2 aliphatic heterocycles. The predicted molar refractivity (Wildman–Crippen MR) is 138 cm³/mol. The van der Waals surface area contributed by atoms with E-state index in [-0.39, 0.29) is 74.7 Å². The lowest BCUT2D eigenvalue weighted by Crippen LogP contribution is -2.55. The third-order valence-electron chi connectivity index (χ3n) is 8.87. The highest BCUT2D eigenvalue weighted by Gasteiger charge is 2.75. The lowest BCUT2D eigenvalue weighted by molar-refractivity contribution is -0.350. The van der Waals surface area contributed by atoms with E-state index in [1.165, 1.54) is 9.80 Å². The Balaban J connectivity index is 1.65. The first-order valence-electron chi connectivity index (χ1n) is 13.7. The quantitative estimate of drug-likeness (QED) is 0.329. The average Bonchev–Trinajstić information content (AvgIpc) is 3.55. The number of sulfone groups is 1. The molecule has 3 heterocycles. The molecule has 1 aliphatic carbocycles. The molecular weight excluding hydrogens is 640 g/mol. The predicted octanol–water partition coefficient (Wildman–Crippen LogP) is 4.63. The summed E-state index contributed by atoms with van der Waals surface area (Å²) in [6.07, 6.45) is -13.4. The largest absolute Gasteiger partial charge is 0.437 e. The Hall–Kier alpha value is -3.81. The number of aryl methyl sites for hydroxylation is 1. The van der Waals surface area contributed by atoms with Crippen LogP contribution in [0.2, 0.25) is 0 Å². The molecule has 3 aliphatic rings. The second kappa shape index (κ2) is 10.9. The van der Waals surface area contributed by atoms with Gasteiger partial charge in [-0.1, -0.05) is 0 Å². The smallest absolute Gasteiger partial charge is 0.336 e. The highest BCUT2D eigenvalue weighted by Crippen LogP contribution is 2.56. The van der Waals surface area contributed by atoms with Crippen LogP contribution in [0.1, 0.15) is 48.9 Å². The van der Waals surface area contributed by atoms with Crippen molar-refractivity contribution in [3.63, 3.8) is 0 Å². The highest BCUT2D eigenvalue weighted by molar-refractivity contribution is 7.92. The number of hydrogen-bond donors (Lipinski definition) is 0. The first-order chi connectivity index (χ1) is 20.9. The van der Waals surface area contributed by atoms with E-state index < -0.39 is 67.0 Å². The molecule has 1 aromatic heterocycles. The number of benzene rings is 1. The lowest BCUT2D eigenvalue weighted by atomic mass is 9.78. The minimum absolute atomic E-state index is 0.00170. The lowest BCUT2D eigenvalue weighted by Gasteiger charge is -2.43. The topological polar surface area (TPSA) is 111 Å². The van der Waals surface area contributed by atoms with Crippen LogP contribution in [0.15, 0.2) is 41.4 Å². The average molecular weight is 665 g/mol. The van der Waals surface area contributed by atoms with Crippen molar-refractivity contribution in [1.29, 1.82) is 5.26 Å². The molecule has 8 nitrogen and oxygen atoms in total. The van der Waals surface area contributed by atoms with Crippen LogP contribution in [0.4, 0.5) is 35.1 Å². The second-order valence-electron chi connectivity index (χ2n) is 11.1. The van der Waals surface area contributed by atoms with E-state index in [0.717, 1.165) is 24.3 Å². The molecule has 17 heteroatoms. The molecule has 2 unspecified atom stereocenters. The summed E-state index contributed by atoms with van der Waals surface area (Å²) in [6.45, 7) is -0.289. The number of amides is 2. The van der Waals surface area contributed by atoms with E-state index in [1.54, 1.807) is 0 Å². The number of rotatable bonds is 6. The minimum Gasteiger partial charge on any atom is -0.336 e. The molecule has 242 valence electrons. The van der Waals surface area contributed by atoms with Gasteiger partial charge in [0, 0.05) is 25.7 Å². The van der Waals surface area contributed by atoms with Crippen LogP contribution >= 0.6 is 0 Å². The van der Waals surface area contributed by atoms with Crippen LogP contribution < -0.4 is 0 Å². The number of halogens is 8. The number of alkyl halides is 7. The number of carbonyl (C=O) groups is 2. The van der Waals surface area contributed by atoms with E-state index >= 15 is 0 Å². The molecule has 45 heavy (non-hydrogen) atoms. The minimum atomic E-state index is -6.45. The van der Waals surface area contributed by atoms with Crippen molar-refractivity contribution in [1.82, 2.24) is 14.8 Å². The molecule has 0 bridgehead atoms. The zero-order valence-electron chi connectivity index (χ0n) is 23.1. The molecule has 0 N–H and O–H groups in total. The van der Waals surface area contributed by atoms with Crippen LogP contribution in [0, 0.1) is 17.1 Å². The van der Waals surface area contributed by atoms with Crippen molar-refractivity contribution < 1.29 is 53.1 Å². The highest BCUT2D eigenvalue weighted by atomic mass is 32.2. The molecule has 3 atom stereocenters. The number of hydrogen-bond acceptors (Lipinski definition) is 6. The maximum Gasteiger partial charge on any atom is 0.437 e. The van der Waals surface area contributed by atoms with E-state index in [9.17, 15) is 53.1 Å². The van der Waals surface area contributed by atoms with Gasteiger partial charge in [0.2, 0.25) is 11.8 Å². The normalized spacial score (nSPS) is 23.9. The Morgan fingerprint density at radius 3 is 2.29 bits per heavy atom. The second-order valence-corrected chi connectivity index (χ2v) is 13.3. The number of nitriles is 1. The maximum atomic E-state index is 14.9. The van der Waals surface area contributed by atoms with Gasteiger partial charge in [-0.15, -0.1) is 0 Å². The Morgan fingerprint density at radius 2 is 1.69 bits per heavy atom. The molecule has 2 amide bonds. The van der Waals surface area contributed by atoms with Gasteiger partial charge in [0.1, 0.15) is 16.6 Å². The van der Waals surface area contributed by atoms with Crippen LogP contribution in [-0.2, 0) is 36.3 Å². The number of likely N-dealkylation sites (tertiary alicyclic amines) is 2. The van der Waals surface area contributed by atoms with Crippen molar-refractivity contribution in [3.05, 3.63) is 59.2 Å². The zero-order valence-corrected chi connectivity index (χ0v) is 23.9. The van der Waals surface area contributed by atoms with E-state index in [2.05, 4.69) is 4.98 Å². The third-order valence-corrected chi connectivity index (χ3v) is 11.4. The zero-order chi connectivity index (χ0) is 33.2. The van der Waals surface area contributed by atoms with Gasteiger partial charge in [-0.05, 0) is 67.1 Å². The summed E-state index contributed by atoms with van der Waals surface area (Å²) in [5.41, 5.74) is -8.51. The standard InChI is InChI=1S/C28H24F8N4O4S/c29-17-3-5-18(6-4-17)45(43,44)25-10-13-40(24(42)20-7-9-23(41)39(20)12-1-11-37)22(25)8-2-16-14-21(38-15-19(16)25)26(30,27(31,32)33)28(34,35)36/h3-6,14-15,20,22H,1-2,7-10,12-13H2/t20-,22?,25?/m0/s1. The Kier molecular flexibility index (Phi) is 7.90. The van der Waals surface area contributed by atoms with Crippen molar-refractivity contribution >= 4 is 21.7 Å². The van der Waals surface area contributed by atoms with Gasteiger partial charge >= 0.3 is 18.0 Å². The van der Waals surface area contributed by atoms with Gasteiger partial charge in [-0.3, -0.25) is 14.6 Å². The van der Waals surface area contributed by atoms with Crippen LogP contribution in [0.5, 0.6) is 0 Å². The fraction of sp³-hybridized carbons (Fsp3) is 0.500. The summed E-state index contributed by atoms with van der Waals surface area (Å²) in [7, 11) is -4.69. The van der Waals surface area contributed by atoms with E-state index in [1.807, 2.05) is 6.07 Å². The summed E-state index contributed by atoms with van der Waals surface area (Å²) in [5.74, 6) is -1.81. The van der Waals surface area contributed by atoms with Crippen LogP contribution in [0.3, 0.4) is 0 Å². The summed E-state index contributed by atoms with van der Waals surface area (Å²) in [4.78, 5) is 31.6. The number of fused-ring (bicyclic) bond motifs is 3. The molecule has 2 aromatic rings. The Morgan fingerprint density at radius 1 is 1.04 bits per heavy atom. The number of pyridine rings is 1. The number of aromatic nitrogens is 1. The fourth-order valence-electron chi connectivity index (χ4n) is 6.76. The van der Waals surface area contributed by atoms with Gasteiger partial charge in [0.25, 0.3) is 0 Å². The molecule has 0 spiro atoms. The van der Waals surface area contributed by atoms with Gasteiger partial charge in [0.05, 0.1) is 29.1 Å². The molecule has 0 saturated carbocycles. The Bertz CT molecular complexity index is 1660. The van der Waals surface area contributed by atoms with Gasteiger partial charge in [-0.2, -0.15) is 31.6 Å². The fourth-order valence-corrected chi connectivity index (χ4v) is 9.11. The molecule has 1 aromatic carbocycles. The van der Waals surface area contributed by atoms with Gasteiger partial charge < -0.3 is 9.80 Å². The summed E-state index contributed by atoms with van der Waals surface area (Å²) in [6, 6.07) is 3.47. The van der Waals surface area contributed by atoms with E-state index in [0.29, 0.717) is 6.20 Å². The molecule has 0 radical (unpaired) electrons. The number of nitrogens with zero attached hydrogens (tertiary/aromatic N) is 4. The third kappa shape index (κ3) is 4.83. The van der Waals surface area contributed by atoms with Crippen LogP contribution in [-0.4, -0.2) is 72.5 Å². The Labute approximate surface area is 251 Å². The SMILES string of the molecule is N#CCCN1C(=O)CC[C@H]1C(=O)N1CCC2(S(=O)(=O)c3ccc(F)cc3)c3cnc(C(F)(C(F)(F)F)C(F)(F)F)cc3CCC12.